The molecule has 3 rings (SSSR count). The first-order valence-electron chi connectivity index (χ1n) is 7.12. The summed E-state index contributed by atoms with van der Waals surface area (Å²) in [5.74, 6) is -0.627. The fraction of sp³-hybridized carbons (Fsp3) is 0.294. The van der Waals surface area contributed by atoms with Crippen LogP contribution in [0.15, 0.2) is 47.1 Å². The van der Waals surface area contributed by atoms with Gasteiger partial charge in [-0.2, -0.15) is 0 Å². The van der Waals surface area contributed by atoms with Gasteiger partial charge in [0, 0.05) is 40.8 Å². The molecule has 1 aliphatic rings. The highest BCUT2D eigenvalue weighted by Gasteiger charge is 2.39. The van der Waals surface area contributed by atoms with Crippen molar-refractivity contribution in [2.24, 2.45) is 5.92 Å². The third-order valence-corrected chi connectivity index (χ3v) is 4.73. The van der Waals surface area contributed by atoms with Crippen molar-refractivity contribution in [3.63, 3.8) is 0 Å². The fourth-order valence-corrected chi connectivity index (χ4v) is 3.33. The Morgan fingerprint density at radius 3 is 2.68 bits per heavy atom. The molecule has 4 nitrogen and oxygen atoms in total. The van der Waals surface area contributed by atoms with Crippen molar-refractivity contribution in [1.82, 2.24) is 4.57 Å². The summed E-state index contributed by atoms with van der Waals surface area (Å²) in [6.45, 7) is 0.577. The molecule has 2 heterocycles. The predicted octanol–water partition coefficient (Wildman–Crippen LogP) is 3.41. The highest BCUT2D eigenvalue weighted by atomic mass is 79.9. The SMILES string of the molecule is COC(=O)[C@H]1Cn2cccc2[C@H]1CC(=O)c1ccc(Br)cc1. The van der Waals surface area contributed by atoms with Crippen molar-refractivity contribution in [2.45, 2.75) is 18.9 Å². The molecule has 0 bridgehead atoms. The van der Waals surface area contributed by atoms with Crippen molar-refractivity contribution in [1.29, 1.82) is 0 Å². The maximum atomic E-state index is 12.5. The molecular formula is C17H16BrNO3. The molecule has 1 aromatic heterocycles. The summed E-state index contributed by atoms with van der Waals surface area (Å²) >= 11 is 3.36. The molecule has 0 saturated heterocycles. The maximum Gasteiger partial charge on any atom is 0.311 e. The number of carbonyl (C=O) groups is 2. The van der Waals surface area contributed by atoms with Crippen LogP contribution < -0.4 is 0 Å². The van der Waals surface area contributed by atoms with E-state index in [9.17, 15) is 9.59 Å². The van der Waals surface area contributed by atoms with E-state index in [4.69, 9.17) is 4.74 Å². The van der Waals surface area contributed by atoms with Gasteiger partial charge in [-0.15, -0.1) is 0 Å². The predicted molar refractivity (Wildman–Crippen MR) is 85.8 cm³/mol. The van der Waals surface area contributed by atoms with Crippen molar-refractivity contribution < 1.29 is 14.3 Å². The molecule has 22 heavy (non-hydrogen) atoms. The second kappa shape index (κ2) is 6.08. The zero-order chi connectivity index (χ0) is 15.7. The van der Waals surface area contributed by atoms with E-state index >= 15 is 0 Å². The van der Waals surface area contributed by atoms with Crippen molar-refractivity contribution in [2.75, 3.05) is 7.11 Å². The van der Waals surface area contributed by atoms with Gasteiger partial charge in [0.25, 0.3) is 0 Å². The van der Waals surface area contributed by atoms with Crippen LogP contribution in [-0.2, 0) is 16.1 Å². The summed E-state index contributed by atoms with van der Waals surface area (Å²) in [5, 5.41) is 0. The highest BCUT2D eigenvalue weighted by Crippen LogP contribution is 2.38. The number of ketones is 1. The van der Waals surface area contributed by atoms with Gasteiger partial charge in [0.2, 0.25) is 0 Å². The second-order valence-electron chi connectivity index (χ2n) is 5.46. The minimum atomic E-state index is -0.291. The van der Waals surface area contributed by atoms with Gasteiger partial charge >= 0.3 is 5.97 Å². The number of benzene rings is 1. The molecule has 0 radical (unpaired) electrons. The van der Waals surface area contributed by atoms with Crippen LogP contribution in [0, 0.1) is 5.92 Å². The third kappa shape index (κ3) is 2.73. The van der Waals surface area contributed by atoms with Crippen molar-refractivity contribution >= 4 is 27.7 Å². The average Bonchev–Trinajstić information content (AvgIpc) is 3.09. The summed E-state index contributed by atoms with van der Waals surface area (Å²) in [7, 11) is 1.39. The van der Waals surface area contributed by atoms with E-state index in [0.29, 0.717) is 18.5 Å². The quantitative estimate of drug-likeness (QED) is 0.619. The number of methoxy groups -OCH3 is 1. The number of esters is 1. The summed E-state index contributed by atoms with van der Waals surface area (Å²) in [4.78, 5) is 24.5. The van der Waals surface area contributed by atoms with Crippen LogP contribution in [0.2, 0.25) is 0 Å². The van der Waals surface area contributed by atoms with Crippen LogP contribution in [0.5, 0.6) is 0 Å². The fourth-order valence-electron chi connectivity index (χ4n) is 3.07. The van der Waals surface area contributed by atoms with Crippen LogP contribution in [0.4, 0.5) is 0 Å². The Bertz CT molecular complexity index is 705. The summed E-state index contributed by atoms with van der Waals surface area (Å²) in [6, 6.07) is 11.2. The van der Waals surface area contributed by atoms with Crippen LogP contribution in [0.25, 0.3) is 0 Å². The van der Waals surface area contributed by atoms with Crippen molar-refractivity contribution in [3.05, 3.63) is 58.3 Å². The van der Waals surface area contributed by atoms with E-state index in [0.717, 1.165) is 10.2 Å². The summed E-state index contributed by atoms with van der Waals surface area (Å²) < 4.78 is 7.86. The first-order chi connectivity index (χ1) is 10.6. The number of nitrogens with zero attached hydrogens (tertiary/aromatic N) is 1. The zero-order valence-corrected chi connectivity index (χ0v) is 13.7. The monoisotopic (exact) mass is 361 g/mol. The lowest BCUT2D eigenvalue weighted by Crippen LogP contribution is -2.23. The molecule has 1 aliphatic heterocycles. The lowest BCUT2D eigenvalue weighted by molar-refractivity contribution is -0.146. The minimum Gasteiger partial charge on any atom is -0.469 e. The number of fused-ring (bicyclic) bond motifs is 1. The normalized spacial score (nSPS) is 19.7. The standard InChI is InChI=1S/C17H16BrNO3/c1-22-17(21)14-10-19-8-2-3-15(19)13(14)9-16(20)11-4-6-12(18)7-5-11/h2-8,13-14H,9-10H2,1H3/t13-,14-/m0/s1. The van der Waals surface area contributed by atoms with E-state index < -0.39 is 0 Å². The number of ether oxygens (including phenoxy) is 1. The summed E-state index contributed by atoms with van der Waals surface area (Å²) in [6.07, 6.45) is 2.25. The first kappa shape index (κ1) is 15.0. The zero-order valence-electron chi connectivity index (χ0n) is 12.2. The Morgan fingerprint density at radius 1 is 1.27 bits per heavy atom. The molecule has 0 N–H and O–H groups in total. The van der Waals surface area contributed by atoms with Gasteiger partial charge in [-0.3, -0.25) is 9.59 Å². The number of hydrogen-bond donors (Lipinski definition) is 0. The molecule has 0 saturated carbocycles. The van der Waals surface area contributed by atoms with Crippen molar-refractivity contribution in [3.8, 4) is 0 Å². The van der Waals surface area contributed by atoms with Gasteiger partial charge in [0.15, 0.2) is 5.78 Å². The Morgan fingerprint density at radius 2 is 2.00 bits per heavy atom. The molecule has 2 atom stereocenters. The van der Waals surface area contributed by atoms with Crippen LogP contribution in [0.1, 0.15) is 28.4 Å². The molecule has 0 amide bonds. The Kier molecular flexibility index (Phi) is 4.16. The number of aromatic nitrogens is 1. The van der Waals surface area contributed by atoms with Crippen LogP contribution in [-0.4, -0.2) is 23.4 Å². The molecule has 2 aromatic rings. The molecule has 114 valence electrons. The number of carbonyl (C=O) groups excluding carboxylic acids is 2. The topological polar surface area (TPSA) is 48.3 Å². The van der Waals surface area contributed by atoms with E-state index in [-0.39, 0.29) is 23.6 Å². The van der Waals surface area contributed by atoms with Gasteiger partial charge in [-0.25, -0.2) is 0 Å². The molecular weight excluding hydrogens is 346 g/mol. The number of halogens is 1. The molecule has 0 aliphatic carbocycles. The molecule has 0 fully saturated rings. The average molecular weight is 362 g/mol. The number of rotatable bonds is 4. The molecule has 5 heteroatoms. The van der Waals surface area contributed by atoms with Gasteiger partial charge in [0.05, 0.1) is 13.0 Å². The smallest absolute Gasteiger partial charge is 0.311 e. The minimum absolute atomic E-state index is 0.0426. The van der Waals surface area contributed by atoms with Gasteiger partial charge in [-0.1, -0.05) is 28.1 Å². The van der Waals surface area contributed by atoms with E-state index in [1.165, 1.54) is 7.11 Å². The van der Waals surface area contributed by atoms with Gasteiger partial charge in [-0.05, 0) is 24.3 Å². The highest BCUT2D eigenvalue weighted by molar-refractivity contribution is 9.10. The van der Waals surface area contributed by atoms with Gasteiger partial charge in [0.1, 0.15) is 0 Å². The lowest BCUT2D eigenvalue weighted by atomic mass is 9.86. The lowest BCUT2D eigenvalue weighted by Gasteiger charge is -2.16. The second-order valence-corrected chi connectivity index (χ2v) is 6.37. The third-order valence-electron chi connectivity index (χ3n) is 4.20. The molecule has 0 spiro atoms. The Balaban J connectivity index is 1.83. The number of Topliss-reactive ketones (excluding diaryl/α,β-unsaturated/α-hetero) is 1. The first-order valence-corrected chi connectivity index (χ1v) is 7.91. The van der Waals surface area contributed by atoms with Crippen LogP contribution in [0.3, 0.4) is 0 Å². The largest absolute Gasteiger partial charge is 0.469 e. The Labute approximate surface area is 137 Å². The van der Waals surface area contributed by atoms with Gasteiger partial charge < -0.3 is 9.30 Å². The van der Waals surface area contributed by atoms with E-state index in [1.54, 1.807) is 12.1 Å². The van der Waals surface area contributed by atoms with Crippen LogP contribution >= 0.6 is 15.9 Å². The van der Waals surface area contributed by atoms with E-state index in [2.05, 4.69) is 15.9 Å². The van der Waals surface area contributed by atoms with E-state index in [1.807, 2.05) is 35.0 Å². The maximum absolute atomic E-state index is 12.5. The Hall–Kier alpha value is -1.88. The summed E-state index contributed by atoms with van der Waals surface area (Å²) in [5.41, 5.74) is 1.69. The molecule has 1 aromatic carbocycles. The molecule has 0 unspecified atom stereocenters. The number of hydrogen-bond acceptors (Lipinski definition) is 3.